The van der Waals surface area contributed by atoms with Crippen LogP contribution in [0.1, 0.15) is 28.4 Å². The maximum absolute atomic E-state index is 10.4. The van der Waals surface area contributed by atoms with Crippen LogP contribution in [0.25, 0.3) is 0 Å². The minimum absolute atomic E-state index is 0.425. The lowest BCUT2D eigenvalue weighted by molar-refractivity contribution is 0.220. The van der Waals surface area contributed by atoms with E-state index in [0.717, 1.165) is 11.1 Å². The van der Waals surface area contributed by atoms with Gasteiger partial charge in [-0.25, -0.2) is 0 Å². The van der Waals surface area contributed by atoms with Gasteiger partial charge in [0.2, 0.25) is 0 Å². The molecule has 0 amide bonds. The number of aliphatic hydroxyl groups is 1. The van der Waals surface area contributed by atoms with Crippen molar-refractivity contribution < 1.29 is 5.11 Å². The summed E-state index contributed by atoms with van der Waals surface area (Å²) in [6, 6.07) is 8.74. The van der Waals surface area contributed by atoms with E-state index in [9.17, 15) is 5.11 Å². The van der Waals surface area contributed by atoms with E-state index in [1.807, 2.05) is 26.0 Å². The van der Waals surface area contributed by atoms with Crippen molar-refractivity contribution >= 4 is 34.8 Å². The summed E-state index contributed by atoms with van der Waals surface area (Å²) in [5.74, 6) is 0. The predicted molar refractivity (Wildman–Crippen MR) is 81.4 cm³/mol. The zero-order chi connectivity index (χ0) is 14.2. The summed E-state index contributed by atoms with van der Waals surface area (Å²) in [6.07, 6.45) is -0.864. The monoisotopic (exact) mass is 314 g/mol. The second kappa shape index (κ2) is 5.72. The first-order chi connectivity index (χ1) is 8.90. The maximum Gasteiger partial charge on any atom is 0.107 e. The fraction of sp³-hybridized carbons (Fsp3) is 0.200. The normalized spacial score (nSPS) is 12.5. The molecular weight excluding hydrogens is 303 g/mol. The fourth-order valence-electron chi connectivity index (χ4n) is 1.90. The van der Waals surface area contributed by atoms with Gasteiger partial charge in [0.05, 0.1) is 0 Å². The molecule has 0 bridgehead atoms. The number of hydrogen-bond acceptors (Lipinski definition) is 1. The van der Waals surface area contributed by atoms with E-state index >= 15 is 0 Å². The Morgan fingerprint density at radius 3 is 2.05 bits per heavy atom. The lowest BCUT2D eigenvalue weighted by Gasteiger charge is -2.16. The molecule has 1 N–H and O–H groups in total. The van der Waals surface area contributed by atoms with Crippen molar-refractivity contribution in [3.8, 4) is 0 Å². The third-order valence-corrected chi connectivity index (χ3v) is 4.05. The molecule has 2 aromatic rings. The Bertz CT molecular complexity index is 623. The van der Waals surface area contributed by atoms with Gasteiger partial charge in [0.25, 0.3) is 0 Å². The number of benzene rings is 2. The van der Waals surface area contributed by atoms with Crippen LogP contribution in [0, 0.1) is 13.8 Å². The fourth-order valence-corrected chi connectivity index (χ4v) is 2.74. The largest absolute Gasteiger partial charge is 0.384 e. The van der Waals surface area contributed by atoms with Crippen LogP contribution in [0.15, 0.2) is 30.3 Å². The van der Waals surface area contributed by atoms with E-state index in [-0.39, 0.29) is 0 Å². The lowest BCUT2D eigenvalue weighted by atomic mass is 9.98. The number of hydrogen-bond donors (Lipinski definition) is 1. The van der Waals surface area contributed by atoms with Crippen molar-refractivity contribution in [3.05, 3.63) is 67.7 Å². The van der Waals surface area contributed by atoms with Crippen molar-refractivity contribution in [1.82, 2.24) is 0 Å². The van der Waals surface area contributed by atoms with E-state index in [4.69, 9.17) is 34.8 Å². The first-order valence-corrected chi connectivity index (χ1v) is 6.93. The molecule has 0 aliphatic rings. The Morgan fingerprint density at radius 2 is 1.42 bits per heavy atom. The zero-order valence-corrected chi connectivity index (χ0v) is 12.8. The van der Waals surface area contributed by atoms with Crippen LogP contribution in [-0.2, 0) is 0 Å². The highest BCUT2D eigenvalue weighted by molar-refractivity contribution is 6.35. The maximum atomic E-state index is 10.4. The van der Waals surface area contributed by atoms with Crippen LogP contribution in [0.3, 0.4) is 0 Å². The summed E-state index contributed by atoms with van der Waals surface area (Å²) >= 11 is 18.2. The molecule has 0 radical (unpaired) electrons. The third-order valence-electron chi connectivity index (χ3n) is 3.16. The SMILES string of the molecule is Cc1cc(Cl)c(C(O)c2ccc(Cl)cc2Cl)cc1C. The first kappa shape index (κ1) is 14.7. The van der Waals surface area contributed by atoms with Crippen LogP contribution in [0.4, 0.5) is 0 Å². The Balaban J connectivity index is 2.49. The van der Waals surface area contributed by atoms with E-state index in [1.165, 1.54) is 0 Å². The molecule has 0 saturated carbocycles. The Labute approximate surface area is 127 Å². The van der Waals surface area contributed by atoms with Gasteiger partial charge in [0.15, 0.2) is 0 Å². The van der Waals surface area contributed by atoms with Gasteiger partial charge < -0.3 is 5.11 Å². The summed E-state index contributed by atoms with van der Waals surface area (Å²) in [7, 11) is 0. The summed E-state index contributed by atoms with van der Waals surface area (Å²) in [4.78, 5) is 0. The van der Waals surface area contributed by atoms with Crippen LogP contribution in [-0.4, -0.2) is 5.11 Å². The topological polar surface area (TPSA) is 20.2 Å². The van der Waals surface area contributed by atoms with E-state index < -0.39 is 6.10 Å². The minimum atomic E-state index is -0.864. The van der Waals surface area contributed by atoms with E-state index in [0.29, 0.717) is 26.2 Å². The Kier molecular flexibility index (Phi) is 4.42. The molecule has 0 saturated heterocycles. The number of aryl methyl sites for hydroxylation is 2. The molecule has 19 heavy (non-hydrogen) atoms. The zero-order valence-electron chi connectivity index (χ0n) is 10.5. The van der Waals surface area contributed by atoms with Crippen molar-refractivity contribution in [3.63, 3.8) is 0 Å². The quantitative estimate of drug-likeness (QED) is 0.792. The number of halogens is 3. The van der Waals surface area contributed by atoms with Crippen LogP contribution < -0.4 is 0 Å². The highest BCUT2D eigenvalue weighted by atomic mass is 35.5. The average molecular weight is 316 g/mol. The van der Waals surface area contributed by atoms with Gasteiger partial charge in [0, 0.05) is 26.2 Å². The highest BCUT2D eigenvalue weighted by Gasteiger charge is 2.18. The lowest BCUT2D eigenvalue weighted by Crippen LogP contribution is -2.02. The van der Waals surface area contributed by atoms with Gasteiger partial charge in [-0.15, -0.1) is 0 Å². The molecule has 0 spiro atoms. The Morgan fingerprint density at radius 1 is 0.842 bits per heavy atom. The number of rotatable bonds is 2. The van der Waals surface area contributed by atoms with Crippen molar-refractivity contribution in [2.24, 2.45) is 0 Å². The second-order valence-electron chi connectivity index (χ2n) is 4.53. The van der Waals surface area contributed by atoms with Crippen molar-refractivity contribution in [2.45, 2.75) is 20.0 Å². The van der Waals surface area contributed by atoms with Gasteiger partial charge in [0.1, 0.15) is 6.10 Å². The molecule has 0 aliphatic heterocycles. The molecule has 0 aliphatic carbocycles. The van der Waals surface area contributed by atoms with E-state index in [1.54, 1.807) is 18.2 Å². The smallest absolute Gasteiger partial charge is 0.107 e. The van der Waals surface area contributed by atoms with Gasteiger partial charge in [-0.05, 0) is 43.2 Å². The average Bonchev–Trinajstić information content (AvgIpc) is 2.33. The molecule has 100 valence electrons. The van der Waals surface area contributed by atoms with Crippen LogP contribution in [0.5, 0.6) is 0 Å². The minimum Gasteiger partial charge on any atom is -0.384 e. The third kappa shape index (κ3) is 3.06. The van der Waals surface area contributed by atoms with Gasteiger partial charge in [-0.2, -0.15) is 0 Å². The van der Waals surface area contributed by atoms with E-state index in [2.05, 4.69) is 0 Å². The predicted octanol–water partition coefficient (Wildman–Crippen LogP) is 5.35. The van der Waals surface area contributed by atoms with Gasteiger partial charge in [-0.3, -0.25) is 0 Å². The molecular formula is C15H13Cl3O. The molecule has 1 atom stereocenters. The van der Waals surface area contributed by atoms with Crippen molar-refractivity contribution in [1.29, 1.82) is 0 Å². The Hall–Kier alpha value is -0.730. The molecule has 0 fully saturated rings. The molecule has 2 rings (SSSR count). The summed E-state index contributed by atoms with van der Waals surface area (Å²) < 4.78 is 0. The van der Waals surface area contributed by atoms with Gasteiger partial charge >= 0.3 is 0 Å². The summed E-state index contributed by atoms with van der Waals surface area (Å²) in [6.45, 7) is 3.96. The van der Waals surface area contributed by atoms with Crippen LogP contribution in [0.2, 0.25) is 15.1 Å². The highest BCUT2D eigenvalue weighted by Crippen LogP contribution is 2.34. The molecule has 4 heteroatoms. The van der Waals surface area contributed by atoms with Crippen LogP contribution >= 0.6 is 34.8 Å². The van der Waals surface area contributed by atoms with Crippen molar-refractivity contribution in [2.75, 3.05) is 0 Å². The molecule has 1 nitrogen and oxygen atoms in total. The number of aliphatic hydroxyl groups excluding tert-OH is 1. The van der Waals surface area contributed by atoms with Gasteiger partial charge in [-0.1, -0.05) is 46.9 Å². The standard InChI is InChI=1S/C15H13Cl3O/c1-8-5-12(13(17)6-9(8)2)15(19)11-4-3-10(16)7-14(11)18/h3-7,15,19H,1-2H3. The molecule has 0 heterocycles. The molecule has 0 aromatic heterocycles. The molecule has 1 unspecified atom stereocenters. The molecule has 2 aromatic carbocycles. The second-order valence-corrected chi connectivity index (χ2v) is 5.78. The summed E-state index contributed by atoms with van der Waals surface area (Å²) in [5, 5.41) is 11.9. The summed E-state index contributed by atoms with van der Waals surface area (Å²) in [5.41, 5.74) is 3.40. The first-order valence-electron chi connectivity index (χ1n) is 5.80.